The quantitative estimate of drug-likeness (QED) is 0.939. The zero-order valence-electron chi connectivity index (χ0n) is 12.0. The molecule has 1 aromatic heterocycles. The first kappa shape index (κ1) is 14.1. The summed E-state index contributed by atoms with van der Waals surface area (Å²) in [5.41, 5.74) is 2.05. The molecule has 0 atom stereocenters. The highest BCUT2D eigenvalue weighted by Crippen LogP contribution is 2.24. The molecule has 1 aromatic carbocycles. The van der Waals surface area contributed by atoms with Crippen molar-refractivity contribution in [2.24, 2.45) is 0 Å². The zero-order chi connectivity index (χ0) is 14.7. The van der Waals surface area contributed by atoms with Crippen LogP contribution in [0.3, 0.4) is 0 Å². The number of piperidine rings is 1. The Morgan fingerprint density at radius 3 is 2.81 bits per heavy atom. The summed E-state index contributed by atoms with van der Waals surface area (Å²) in [6.07, 6.45) is 5.29. The Kier molecular flexibility index (Phi) is 4.20. The first-order chi connectivity index (χ1) is 10.2. The minimum absolute atomic E-state index is 0.691. The Morgan fingerprint density at radius 1 is 1.19 bits per heavy atom. The molecular formula is C15H18ClN5. The molecular weight excluding hydrogens is 286 g/mol. The highest BCUT2D eigenvalue weighted by Gasteiger charge is 2.14. The predicted octanol–water partition coefficient (Wildman–Crippen LogP) is 3.57. The number of benzene rings is 1. The summed E-state index contributed by atoms with van der Waals surface area (Å²) < 4.78 is 0. The molecule has 3 rings (SSSR count). The first-order valence-electron chi connectivity index (χ1n) is 7.20. The van der Waals surface area contributed by atoms with Gasteiger partial charge in [-0.25, -0.2) is 0 Å². The van der Waals surface area contributed by atoms with Gasteiger partial charge < -0.3 is 10.2 Å². The molecule has 0 saturated carbocycles. The van der Waals surface area contributed by atoms with E-state index in [1.54, 1.807) is 6.20 Å². The molecule has 0 amide bonds. The number of hydrogen-bond donors (Lipinski definition) is 1. The highest BCUT2D eigenvalue weighted by atomic mass is 35.5. The van der Waals surface area contributed by atoms with Crippen molar-refractivity contribution in [2.45, 2.75) is 26.2 Å². The van der Waals surface area contributed by atoms with E-state index in [4.69, 9.17) is 11.6 Å². The van der Waals surface area contributed by atoms with Gasteiger partial charge in [-0.05, 0) is 43.9 Å². The van der Waals surface area contributed by atoms with Crippen LogP contribution in [0.2, 0.25) is 5.02 Å². The van der Waals surface area contributed by atoms with Gasteiger partial charge in [-0.2, -0.15) is 10.1 Å². The van der Waals surface area contributed by atoms with Crippen molar-refractivity contribution in [3.63, 3.8) is 0 Å². The van der Waals surface area contributed by atoms with Crippen molar-refractivity contribution < 1.29 is 0 Å². The second-order valence-corrected chi connectivity index (χ2v) is 5.71. The molecule has 0 unspecified atom stereocenters. The number of hydrogen-bond acceptors (Lipinski definition) is 5. The molecule has 0 aliphatic carbocycles. The second kappa shape index (κ2) is 6.26. The maximum absolute atomic E-state index is 6.04. The Bertz CT molecular complexity index is 625. The lowest BCUT2D eigenvalue weighted by molar-refractivity contribution is 0.565. The number of nitrogens with one attached hydrogen (secondary N) is 1. The smallest absolute Gasteiger partial charge is 0.247 e. The molecule has 1 aliphatic heterocycles. The zero-order valence-corrected chi connectivity index (χ0v) is 12.8. The third-order valence-corrected chi connectivity index (χ3v) is 3.88. The molecule has 2 aromatic rings. The molecule has 1 aliphatic rings. The summed E-state index contributed by atoms with van der Waals surface area (Å²) in [6.45, 7) is 4.03. The molecule has 21 heavy (non-hydrogen) atoms. The van der Waals surface area contributed by atoms with Gasteiger partial charge in [0.25, 0.3) is 0 Å². The molecule has 1 N–H and O–H groups in total. The van der Waals surface area contributed by atoms with Crippen LogP contribution < -0.4 is 10.2 Å². The maximum Gasteiger partial charge on any atom is 0.247 e. The topological polar surface area (TPSA) is 53.9 Å². The lowest BCUT2D eigenvalue weighted by Gasteiger charge is -2.26. The van der Waals surface area contributed by atoms with E-state index in [0.717, 1.165) is 24.3 Å². The number of aryl methyl sites for hydroxylation is 1. The van der Waals surface area contributed by atoms with Gasteiger partial charge in [-0.1, -0.05) is 17.7 Å². The van der Waals surface area contributed by atoms with Crippen molar-refractivity contribution in [3.8, 4) is 0 Å². The first-order valence-corrected chi connectivity index (χ1v) is 7.58. The van der Waals surface area contributed by atoms with Gasteiger partial charge in [-0.3, -0.25) is 0 Å². The molecule has 5 nitrogen and oxygen atoms in total. The van der Waals surface area contributed by atoms with Crippen LogP contribution in [0.25, 0.3) is 0 Å². The van der Waals surface area contributed by atoms with Crippen LogP contribution in [0.4, 0.5) is 17.5 Å². The van der Waals surface area contributed by atoms with Gasteiger partial charge in [0.1, 0.15) is 0 Å². The Labute approximate surface area is 129 Å². The molecule has 0 radical (unpaired) electrons. The summed E-state index contributed by atoms with van der Waals surface area (Å²) in [7, 11) is 0. The number of aromatic nitrogens is 3. The average molecular weight is 304 g/mol. The van der Waals surface area contributed by atoms with Crippen molar-refractivity contribution in [2.75, 3.05) is 23.3 Å². The number of anilines is 3. The molecule has 1 saturated heterocycles. The van der Waals surface area contributed by atoms with E-state index >= 15 is 0 Å². The molecule has 2 heterocycles. The van der Waals surface area contributed by atoms with Crippen molar-refractivity contribution >= 4 is 29.1 Å². The Hall–Kier alpha value is -1.88. The van der Waals surface area contributed by atoms with Crippen LogP contribution in [0, 0.1) is 6.92 Å². The minimum Gasteiger partial charge on any atom is -0.339 e. The van der Waals surface area contributed by atoms with E-state index in [0.29, 0.717) is 16.8 Å². The standard InChI is InChI=1S/C15H18ClN5/c1-11-5-6-12(16)9-13(11)18-14-10-17-20-15(19-14)21-7-3-2-4-8-21/h5-6,9-10H,2-4,7-8H2,1H3,(H,18,19,20). The van der Waals surface area contributed by atoms with Crippen molar-refractivity contribution in [1.82, 2.24) is 15.2 Å². The fourth-order valence-corrected chi connectivity index (χ4v) is 2.62. The highest BCUT2D eigenvalue weighted by molar-refractivity contribution is 6.30. The summed E-state index contributed by atoms with van der Waals surface area (Å²) >= 11 is 6.04. The lowest BCUT2D eigenvalue weighted by Crippen LogP contribution is -2.31. The maximum atomic E-state index is 6.04. The van der Waals surface area contributed by atoms with Gasteiger partial charge in [0.2, 0.25) is 5.95 Å². The normalized spacial score (nSPS) is 15.0. The Balaban J connectivity index is 1.81. The van der Waals surface area contributed by atoms with E-state index in [1.807, 2.05) is 25.1 Å². The van der Waals surface area contributed by atoms with Gasteiger partial charge in [0.05, 0.1) is 6.20 Å². The average Bonchev–Trinajstić information content (AvgIpc) is 2.52. The van der Waals surface area contributed by atoms with Crippen molar-refractivity contribution in [3.05, 3.63) is 35.0 Å². The number of rotatable bonds is 3. The van der Waals surface area contributed by atoms with E-state index in [2.05, 4.69) is 25.4 Å². The number of halogens is 1. The molecule has 1 fully saturated rings. The van der Waals surface area contributed by atoms with E-state index < -0.39 is 0 Å². The molecule has 0 spiro atoms. The van der Waals surface area contributed by atoms with Gasteiger partial charge in [-0.15, -0.1) is 5.10 Å². The lowest BCUT2D eigenvalue weighted by atomic mass is 10.1. The van der Waals surface area contributed by atoms with Crippen LogP contribution in [-0.4, -0.2) is 28.3 Å². The minimum atomic E-state index is 0.691. The van der Waals surface area contributed by atoms with E-state index in [9.17, 15) is 0 Å². The fraction of sp³-hybridized carbons (Fsp3) is 0.400. The Morgan fingerprint density at radius 2 is 2.00 bits per heavy atom. The van der Waals surface area contributed by atoms with Crippen LogP contribution in [-0.2, 0) is 0 Å². The van der Waals surface area contributed by atoms with Gasteiger partial charge >= 0.3 is 0 Å². The van der Waals surface area contributed by atoms with E-state index in [1.165, 1.54) is 19.3 Å². The van der Waals surface area contributed by atoms with Gasteiger partial charge in [0, 0.05) is 23.8 Å². The molecule has 0 bridgehead atoms. The summed E-state index contributed by atoms with van der Waals surface area (Å²) in [4.78, 5) is 6.75. The molecule has 6 heteroatoms. The monoisotopic (exact) mass is 303 g/mol. The van der Waals surface area contributed by atoms with Crippen molar-refractivity contribution in [1.29, 1.82) is 0 Å². The number of nitrogens with zero attached hydrogens (tertiary/aromatic N) is 4. The van der Waals surface area contributed by atoms with Crippen LogP contribution in [0.5, 0.6) is 0 Å². The summed E-state index contributed by atoms with van der Waals surface area (Å²) in [5, 5.41) is 12.2. The third kappa shape index (κ3) is 3.42. The summed E-state index contributed by atoms with van der Waals surface area (Å²) in [5.74, 6) is 1.38. The van der Waals surface area contributed by atoms with E-state index in [-0.39, 0.29) is 0 Å². The van der Waals surface area contributed by atoms with Crippen LogP contribution in [0.15, 0.2) is 24.4 Å². The fourth-order valence-electron chi connectivity index (χ4n) is 2.45. The second-order valence-electron chi connectivity index (χ2n) is 5.27. The van der Waals surface area contributed by atoms with Crippen LogP contribution >= 0.6 is 11.6 Å². The summed E-state index contributed by atoms with van der Waals surface area (Å²) in [6, 6.07) is 5.74. The van der Waals surface area contributed by atoms with Gasteiger partial charge in [0.15, 0.2) is 5.82 Å². The third-order valence-electron chi connectivity index (χ3n) is 3.65. The van der Waals surface area contributed by atoms with Crippen LogP contribution in [0.1, 0.15) is 24.8 Å². The predicted molar refractivity (Wildman–Crippen MR) is 85.4 cm³/mol. The molecule has 110 valence electrons. The largest absolute Gasteiger partial charge is 0.339 e. The SMILES string of the molecule is Cc1ccc(Cl)cc1Nc1cnnc(N2CCCCC2)n1.